The Labute approximate surface area is 120 Å². The zero-order chi connectivity index (χ0) is 14.2. The quantitative estimate of drug-likeness (QED) is 0.425. The van der Waals surface area contributed by atoms with Gasteiger partial charge < -0.3 is 10.2 Å². The second kappa shape index (κ2) is 16.0. The fourth-order valence-corrected chi connectivity index (χ4v) is 2.62. The molecule has 1 unspecified atom stereocenters. The van der Waals surface area contributed by atoms with Crippen molar-refractivity contribution in [2.24, 2.45) is 5.92 Å². The fourth-order valence-electron chi connectivity index (χ4n) is 2.62. The highest BCUT2D eigenvalue weighted by Crippen LogP contribution is 2.17. The van der Waals surface area contributed by atoms with Gasteiger partial charge in [-0.3, -0.25) is 0 Å². The van der Waals surface area contributed by atoms with E-state index >= 15 is 0 Å². The summed E-state index contributed by atoms with van der Waals surface area (Å²) in [5.74, 6) is 0.469. The summed E-state index contributed by atoms with van der Waals surface area (Å²) in [7, 11) is 0. The fraction of sp³-hybridized carbons (Fsp3) is 1.00. The Hall–Kier alpha value is -0.0800. The van der Waals surface area contributed by atoms with Crippen LogP contribution in [0, 0.1) is 5.92 Å². The Morgan fingerprint density at radius 1 is 0.632 bits per heavy atom. The highest BCUT2D eigenvalue weighted by molar-refractivity contribution is 4.59. The SMILES string of the molecule is CCCCCCCCCCCC(CO)CCCCO. The number of unbranched alkanes of at least 4 members (excludes halogenated alkanes) is 9. The largest absolute Gasteiger partial charge is 0.396 e. The van der Waals surface area contributed by atoms with E-state index in [9.17, 15) is 5.11 Å². The van der Waals surface area contributed by atoms with Gasteiger partial charge in [-0.2, -0.15) is 0 Å². The lowest BCUT2D eigenvalue weighted by Gasteiger charge is -2.13. The van der Waals surface area contributed by atoms with Crippen LogP contribution in [-0.4, -0.2) is 23.4 Å². The van der Waals surface area contributed by atoms with Crippen molar-refractivity contribution >= 4 is 0 Å². The van der Waals surface area contributed by atoms with Gasteiger partial charge in [-0.1, -0.05) is 71.1 Å². The number of aliphatic hydroxyl groups is 2. The number of hydrogen-bond acceptors (Lipinski definition) is 2. The van der Waals surface area contributed by atoms with Crippen molar-refractivity contribution in [1.29, 1.82) is 0 Å². The molecular formula is C17H36O2. The molecule has 2 N–H and O–H groups in total. The van der Waals surface area contributed by atoms with Crippen molar-refractivity contribution in [3.63, 3.8) is 0 Å². The smallest absolute Gasteiger partial charge is 0.0459 e. The van der Waals surface area contributed by atoms with E-state index in [1.807, 2.05) is 0 Å². The molecule has 0 aliphatic rings. The van der Waals surface area contributed by atoms with Gasteiger partial charge in [0, 0.05) is 13.2 Å². The molecule has 1 atom stereocenters. The molecule has 0 bridgehead atoms. The van der Waals surface area contributed by atoms with Gasteiger partial charge >= 0.3 is 0 Å². The summed E-state index contributed by atoms with van der Waals surface area (Å²) in [4.78, 5) is 0. The van der Waals surface area contributed by atoms with E-state index in [1.54, 1.807) is 0 Å². The third-order valence-corrected chi connectivity index (χ3v) is 3.99. The first-order valence-corrected chi connectivity index (χ1v) is 8.56. The van der Waals surface area contributed by atoms with Crippen LogP contribution >= 0.6 is 0 Å². The molecule has 0 aromatic carbocycles. The van der Waals surface area contributed by atoms with Crippen molar-refractivity contribution in [1.82, 2.24) is 0 Å². The molecule has 0 fully saturated rings. The van der Waals surface area contributed by atoms with Gasteiger partial charge in [0.25, 0.3) is 0 Å². The minimum atomic E-state index is 0.288. The topological polar surface area (TPSA) is 40.5 Å². The number of rotatable bonds is 15. The maximum atomic E-state index is 9.29. The number of aliphatic hydroxyl groups excluding tert-OH is 2. The molecule has 2 heteroatoms. The van der Waals surface area contributed by atoms with Crippen LogP contribution < -0.4 is 0 Å². The van der Waals surface area contributed by atoms with E-state index in [0.29, 0.717) is 12.5 Å². The molecule has 0 aromatic heterocycles. The summed E-state index contributed by atoms with van der Waals surface area (Å²) < 4.78 is 0. The van der Waals surface area contributed by atoms with Gasteiger partial charge in [0.05, 0.1) is 0 Å². The Morgan fingerprint density at radius 2 is 1.11 bits per heavy atom. The van der Waals surface area contributed by atoms with E-state index in [2.05, 4.69) is 6.92 Å². The zero-order valence-electron chi connectivity index (χ0n) is 13.1. The maximum Gasteiger partial charge on any atom is 0.0459 e. The van der Waals surface area contributed by atoms with Crippen molar-refractivity contribution < 1.29 is 10.2 Å². The van der Waals surface area contributed by atoms with Crippen LogP contribution in [0.1, 0.15) is 90.4 Å². The molecule has 0 radical (unpaired) electrons. The van der Waals surface area contributed by atoms with E-state index < -0.39 is 0 Å². The summed E-state index contributed by atoms with van der Waals surface area (Å²) in [5.41, 5.74) is 0. The lowest BCUT2D eigenvalue weighted by molar-refractivity contribution is 0.199. The van der Waals surface area contributed by atoms with Crippen LogP contribution in [0.2, 0.25) is 0 Å². The molecule has 0 saturated carbocycles. The molecule has 0 aliphatic carbocycles. The monoisotopic (exact) mass is 272 g/mol. The molecule has 2 nitrogen and oxygen atoms in total. The molecular weight excluding hydrogens is 236 g/mol. The van der Waals surface area contributed by atoms with Gasteiger partial charge in [0.15, 0.2) is 0 Å². The van der Waals surface area contributed by atoms with Crippen molar-refractivity contribution in [2.45, 2.75) is 90.4 Å². The third kappa shape index (κ3) is 14.1. The minimum absolute atomic E-state index is 0.288. The second-order valence-corrected chi connectivity index (χ2v) is 5.89. The normalized spacial score (nSPS) is 12.8. The second-order valence-electron chi connectivity index (χ2n) is 5.89. The predicted molar refractivity (Wildman–Crippen MR) is 83.4 cm³/mol. The standard InChI is InChI=1S/C17H36O2/c1-2-3-4-5-6-7-8-9-10-13-17(16-19)14-11-12-15-18/h17-19H,2-16H2,1H3. The zero-order valence-corrected chi connectivity index (χ0v) is 13.1. The van der Waals surface area contributed by atoms with Crippen LogP contribution in [0.3, 0.4) is 0 Å². The van der Waals surface area contributed by atoms with E-state index in [-0.39, 0.29) is 6.61 Å². The van der Waals surface area contributed by atoms with E-state index in [4.69, 9.17) is 5.11 Å². The summed E-state index contributed by atoms with van der Waals surface area (Å²) in [6, 6.07) is 0. The maximum absolute atomic E-state index is 9.29. The minimum Gasteiger partial charge on any atom is -0.396 e. The van der Waals surface area contributed by atoms with Gasteiger partial charge in [-0.25, -0.2) is 0 Å². The van der Waals surface area contributed by atoms with Gasteiger partial charge in [-0.15, -0.1) is 0 Å². The molecule has 0 aliphatic heterocycles. The summed E-state index contributed by atoms with van der Waals surface area (Å²) in [6.45, 7) is 2.87. The van der Waals surface area contributed by atoms with Gasteiger partial charge in [-0.05, 0) is 25.2 Å². The van der Waals surface area contributed by atoms with Crippen LogP contribution in [-0.2, 0) is 0 Å². The van der Waals surface area contributed by atoms with Crippen molar-refractivity contribution in [3.05, 3.63) is 0 Å². The predicted octanol–water partition coefficient (Wildman–Crippen LogP) is 4.68. The molecule has 0 heterocycles. The highest BCUT2D eigenvalue weighted by Gasteiger charge is 2.06. The highest BCUT2D eigenvalue weighted by atomic mass is 16.3. The average molecular weight is 272 g/mol. The van der Waals surface area contributed by atoms with E-state index in [1.165, 1.54) is 57.8 Å². The first-order chi connectivity index (χ1) is 9.35. The first-order valence-electron chi connectivity index (χ1n) is 8.56. The Bertz CT molecular complexity index is 159. The third-order valence-electron chi connectivity index (χ3n) is 3.99. The molecule has 0 aromatic rings. The molecule has 0 amide bonds. The molecule has 0 spiro atoms. The first kappa shape index (κ1) is 18.9. The molecule has 116 valence electrons. The molecule has 0 rings (SSSR count). The summed E-state index contributed by atoms with van der Waals surface area (Å²) in [6.07, 6.45) is 16.5. The molecule has 19 heavy (non-hydrogen) atoms. The average Bonchev–Trinajstić information content (AvgIpc) is 2.43. The van der Waals surface area contributed by atoms with E-state index in [0.717, 1.165) is 25.7 Å². The van der Waals surface area contributed by atoms with Crippen LogP contribution in [0.25, 0.3) is 0 Å². The van der Waals surface area contributed by atoms with Crippen LogP contribution in [0.15, 0.2) is 0 Å². The lowest BCUT2D eigenvalue weighted by atomic mass is 9.95. The van der Waals surface area contributed by atoms with Gasteiger partial charge in [0.2, 0.25) is 0 Å². The van der Waals surface area contributed by atoms with Crippen molar-refractivity contribution in [2.75, 3.05) is 13.2 Å². The Morgan fingerprint density at radius 3 is 1.58 bits per heavy atom. The summed E-state index contributed by atoms with van der Waals surface area (Å²) >= 11 is 0. The lowest BCUT2D eigenvalue weighted by Crippen LogP contribution is -2.06. The van der Waals surface area contributed by atoms with Crippen molar-refractivity contribution in [3.8, 4) is 0 Å². The molecule has 0 saturated heterocycles. The summed E-state index contributed by atoms with van der Waals surface area (Å²) in [5, 5.41) is 18.0. The Kier molecular flexibility index (Phi) is 15.9. The van der Waals surface area contributed by atoms with Gasteiger partial charge in [0.1, 0.15) is 0 Å². The Balaban J connectivity index is 3.21. The van der Waals surface area contributed by atoms with Crippen LogP contribution in [0.4, 0.5) is 0 Å². The number of hydrogen-bond donors (Lipinski definition) is 2. The van der Waals surface area contributed by atoms with Crippen LogP contribution in [0.5, 0.6) is 0 Å².